The van der Waals surface area contributed by atoms with E-state index in [0.29, 0.717) is 35.4 Å². The Hall–Kier alpha value is -3.12. The molecule has 2 aromatic carbocycles. The molecule has 0 saturated heterocycles. The van der Waals surface area contributed by atoms with Crippen LogP contribution in [-0.4, -0.2) is 23.0 Å². The summed E-state index contributed by atoms with van der Waals surface area (Å²) < 4.78 is 5.31. The molecule has 2 N–H and O–H groups in total. The lowest BCUT2D eigenvalue weighted by atomic mass is 10.2. The average Bonchev–Trinajstić information content (AvgIpc) is 2.71. The number of halogens is 1. The maximum atomic E-state index is 12.6. The zero-order chi connectivity index (χ0) is 19.9. The third kappa shape index (κ3) is 4.98. The average molecular weight is 397 g/mol. The predicted molar refractivity (Wildman–Crippen MR) is 110 cm³/mol. The molecule has 3 aromatic rings. The minimum absolute atomic E-state index is 0.280. The number of rotatable bonds is 7. The summed E-state index contributed by atoms with van der Waals surface area (Å²) in [4.78, 5) is 21.1. The van der Waals surface area contributed by atoms with E-state index >= 15 is 0 Å². The summed E-state index contributed by atoms with van der Waals surface area (Å²) in [5, 5.41) is 6.74. The molecule has 0 aliphatic heterocycles. The Labute approximate surface area is 168 Å². The highest BCUT2D eigenvalue weighted by Crippen LogP contribution is 2.18. The number of amides is 1. The number of ether oxygens (including phenoxy) is 1. The van der Waals surface area contributed by atoms with Crippen molar-refractivity contribution in [3.63, 3.8) is 0 Å². The Morgan fingerprint density at radius 2 is 1.75 bits per heavy atom. The van der Waals surface area contributed by atoms with Gasteiger partial charge in [-0.25, -0.2) is 9.97 Å². The minimum Gasteiger partial charge on any atom is -0.496 e. The van der Waals surface area contributed by atoms with Crippen molar-refractivity contribution in [2.75, 3.05) is 12.4 Å². The summed E-state index contributed by atoms with van der Waals surface area (Å²) in [5.41, 5.74) is 2.13. The molecule has 0 saturated carbocycles. The van der Waals surface area contributed by atoms with Crippen LogP contribution in [-0.2, 0) is 13.1 Å². The molecule has 0 spiro atoms. The lowest BCUT2D eigenvalue weighted by Gasteiger charge is -2.11. The number of aromatic nitrogens is 2. The smallest absolute Gasteiger partial charge is 0.270 e. The number of aryl methyl sites for hydroxylation is 1. The van der Waals surface area contributed by atoms with Crippen LogP contribution in [0.15, 0.2) is 54.6 Å². The monoisotopic (exact) mass is 396 g/mol. The number of methoxy groups -OCH3 is 1. The predicted octanol–water partition coefficient (Wildman–Crippen LogP) is 3.99. The molecule has 0 bridgehead atoms. The Morgan fingerprint density at radius 1 is 1.04 bits per heavy atom. The van der Waals surface area contributed by atoms with Crippen molar-refractivity contribution in [3.05, 3.63) is 82.3 Å². The van der Waals surface area contributed by atoms with Gasteiger partial charge in [0.1, 0.15) is 23.1 Å². The molecular formula is C21H21ClN4O2. The van der Waals surface area contributed by atoms with Crippen LogP contribution in [0.25, 0.3) is 0 Å². The first kappa shape index (κ1) is 19.6. The minimum atomic E-state index is -0.280. The number of carbonyl (C=O) groups excluding carboxylic acids is 1. The first-order valence-corrected chi connectivity index (χ1v) is 9.17. The van der Waals surface area contributed by atoms with E-state index in [1.165, 1.54) is 0 Å². The third-order valence-electron chi connectivity index (χ3n) is 4.12. The van der Waals surface area contributed by atoms with E-state index in [0.717, 1.165) is 16.9 Å². The summed E-state index contributed by atoms with van der Waals surface area (Å²) in [7, 11) is 1.60. The Balaban J connectivity index is 1.68. The van der Waals surface area contributed by atoms with Crippen LogP contribution in [0.3, 0.4) is 0 Å². The maximum Gasteiger partial charge on any atom is 0.270 e. The van der Waals surface area contributed by atoms with Crippen LogP contribution in [0, 0.1) is 6.92 Å². The van der Waals surface area contributed by atoms with Crippen molar-refractivity contribution in [2.24, 2.45) is 0 Å². The van der Waals surface area contributed by atoms with Crippen LogP contribution < -0.4 is 15.4 Å². The SMILES string of the molecule is COc1ccccc1CNC(=O)c1cc(NCc2ccccc2Cl)nc(C)n1. The van der Waals surface area contributed by atoms with E-state index in [9.17, 15) is 4.79 Å². The molecular weight excluding hydrogens is 376 g/mol. The van der Waals surface area contributed by atoms with Crippen LogP contribution in [0.2, 0.25) is 5.02 Å². The maximum absolute atomic E-state index is 12.6. The molecule has 1 amide bonds. The lowest BCUT2D eigenvalue weighted by Crippen LogP contribution is -2.24. The van der Waals surface area contributed by atoms with Crippen molar-refractivity contribution < 1.29 is 9.53 Å². The number of nitrogens with zero attached hydrogens (tertiary/aromatic N) is 2. The van der Waals surface area contributed by atoms with E-state index in [2.05, 4.69) is 20.6 Å². The van der Waals surface area contributed by atoms with Crippen molar-refractivity contribution >= 4 is 23.3 Å². The molecule has 0 aliphatic carbocycles. The van der Waals surface area contributed by atoms with Crippen LogP contribution in [0.1, 0.15) is 27.4 Å². The second kappa shape index (κ2) is 9.19. The summed E-state index contributed by atoms with van der Waals surface area (Å²) in [6.07, 6.45) is 0. The molecule has 7 heteroatoms. The van der Waals surface area contributed by atoms with Gasteiger partial charge in [-0.05, 0) is 24.6 Å². The second-order valence-electron chi connectivity index (χ2n) is 6.13. The molecule has 6 nitrogen and oxygen atoms in total. The number of anilines is 1. The van der Waals surface area contributed by atoms with E-state index in [-0.39, 0.29) is 5.91 Å². The molecule has 0 fully saturated rings. The van der Waals surface area contributed by atoms with Crippen molar-refractivity contribution in [3.8, 4) is 5.75 Å². The number of benzene rings is 2. The van der Waals surface area contributed by atoms with Gasteiger partial charge in [-0.3, -0.25) is 4.79 Å². The normalized spacial score (nSPS) is 10.4. The first-order chi connectivity index (χ1) is 13.6. The second-order valence-corrected chi connectivity index (χ2v) is 6.53. The van der Waals surface area contributed by atoms with Crippen molar-refractivity contribution in [1.82, 2.24) is 15.3 Å². The van der Waals surface area contributed by atoms with Gasteiger partial charge in [-0.1, -0.05) is 48.0 Å². The van der Waals surface area contributed by atoms with Gasteiger partial charge in [0.05, 0.1) is 7.11 Å². The fourth-order valence-electron chi connectivity index (χ4n) is 2.72. The summed E-state index contributed by atoms with van der Waals surface area (Å²) in [6, 6.07) is 16.7. The van der Waals surface area contributed by atoms with E-state index < -0.39 is 0 Å². The third-order valence-corrected chi connectivity index (χ3v) is 4.49. The molecule has 1 heterocycles. The van der Waals surface area contributed by atoms with Crippen molar-refractivity contribution in [1.29, 1.82) is 0 Å². The Morgan fingerprint density at radius 3 is 2.50 bits per heavy atom. The molecule has 144 valence electrons. The van der Waals surface area contributed by atoms with Crippen LogP contribution in [0.5, 0.6) is 5.75 Å². The van der Waals surface area contributed by atoms with Gasteiger partial charge in [0, 0.05) is 29.7 Å². The molecule has 0 radical (unpaired) electrons. The fourth-order valence-corrected chi connectivity index (χ4v) is 2.92. The number of carbonyl (C=O) groups is 1. The standard InChI is InChI=1S/C21H21ClN4O2/c1-14-25-18(21(27)24-13-16-8-4-6-10-19(16)28-2)11-20(26-14)23-12-15-7-3-5-9-17(15)22/h3-11H,12-13H2,1-2H3,(H,24,27)(H,23,25,26). The Bertz CT molecular complexity index is 978. The zero-order valence-corrected chi connectivity index (χ0v) is 16.5. The van der Waals surface area contributed by atoms with Crippen LogP contribution in [0.4, 0.5) is 5.82 Å². The lowest BCUT2D eigenvalue weighted by molar-refractivity contribution is 0.0945. The van der Waals surface area contributed by atoms with Gasteiger partial charge in [-0.2, -0.15) is 0 Å². The molecule has 0 aliphatic rings. The van der Waals surface area contributed by atoms with Gasteiger partial charge < -0.3 is 15.4 Å². The first-order valence-electron chi connectivity index (χ1n) is 8.80. The zero-order valence-electron chi connectivity index (χ0n) is 15.7. The van der Waals surface area contributed by atoms with Crippen molar-refractivity contribution in [2.45, 2.75) is 20.0 Å². The summed E-state index contributed by atoms with van der Waals surface area (Å²) >= 11 is 6.18. The highest BCUT2D eigenvalue weighted by atomic mass is 35.5. The Kier molecular flexibility index (Phi) is 6.45. The molecule has 28 heavy (non-hydrogen) atoms. The summed E-state index contributed by atoms with van der Waals surface area (Å²) in [5.74, 6) is 1.52. The number of para-hydroxylation sites is 1. The number of hydrogen-bond acceptors (Lipinski definition) is 5. The van der Waals surface area contributed by atoms with E-state index in [1.54, 1.807) is 20.1 Å². The summed E-state index contributed by atoms with van der Waals surface area (Å²) in [6.45, 7) is 2.59. The van der Waals surface area contributed by atoms with E-state index in [1.807, 2.05) is 48.5 Å². The van der Waals surface area contributed by atoms with Gasteiger partial charge in [0.2, 0.25) is 0 Å². The number of nitrogens with one attached hydrogen (secondary N) is 2. The van der Waals surface area contributed by atoms with Gasteiger partial charge in [0.25, 0.3) is 5.91 Å². The van der Waals surface area contributed by atoms with E-state index in [4.69, 9.17) is 16.3 Å². The number of hydrogen-bond donors (Lipinski definition) is 2. The molecule has 0 unspecified atom stereocenters. The molecule has 3 rings (SSSR count). The fraction of sp³-hybridized carbons (Fsp3) is 0.190. The molecule has 1 aromatic heterocycles. The quantitative estimate of drug-likeness (QED) is 0.631. The van der Waals surface area contributed by atoms with Crippen LogP contribution >= 0.6 is 11.6 Å². The van der Waals surface area contributed by atoms with Gasteiger partial charge in [-0.15, -0.1) is 0 Å². The highest BCUT2D eigenvalue weighted by Gasteiger charge is 2.12. The topological polar surface area (TPSA) is 76.1 Å². The largest absolute Gasteiger partial charge is 0.496 e. The van der Waals surface area contributed by atoms with Gasteiger partial charge >= 0.3 is 0 Å². The molecule has 0 atom stereocenters. The van der Waals surface area contributed by atoms with Gasteiger partial charge in [0.15, 0.2) is 0 Å². The highest BCUT2D eigenvalue weighted by molar-refractivity contribution is 6.31.